The largest absolute Gasteiger partial charge is 0.418 e. The maximum Gasteiger partial charge on any atom is 0.418 e. The molecule has 3 N–H and O–H groups in total. The SMILES string of the molecule is CNC1CCCC(ONC(=O)C2CCC3CN2C(=O)N3OS(=O)(=O)O)C1. The van der Waals surface area contributed by atoms with Crippen LogP contribution < -0.4 is 10.8 Å². The molecule has 0 aromatic carbocycles. The summed E-state index contributed by atoms with van der Waals surface area (Å²) in [5, 5.41) is 3.81. The Morgan fingerprint density at radius 1 is 1.27 bits per heavy atom. The zero-order valence-corrected chi connectivity index (χ0v) is 15.3. The van der Waals surface area contributed by atoms with Crippen molar-refractivity contribution in [2.45, 2.75) is 62.8 Å². The summed E-state index contributed by atoms with van der Waals surface area (Å²) in [6, 6.07) is -1.70. The van der Waals surface area contributed by atoms with Gasteiger partial charge in [0.2, 0.25) is 0 Å². The highest BCUT2D eigenvalue weighted by Crippen LogP contribution is 2.30. The lowest BCUT2D eigenvalue weighted by atomic mass is 9.93. The van der Waals surface area contributed by atoms with E-state index in [4.69, 9.17) is 9.39 Å². The van der Waals surface area contributed by atoms with Crippen LogP contribution in [0.25, 0.3) is 0 Å². The lowest BCUT2D eigenvalue weighted by Gasteiger charge is -2.31. The fourth-order valence-corrected chi connectivity index (χ4v) is 4.22. The number of carbonyl (C=O) groups is 2. The number of nitrogens with zero attached hydrogens (tertiary/aromatic N) is 2. The first-order chi connectivity index (χ1) is 12.3. The van der Waals surface area contributed by atoms with Gasteiger partial charge in [-0.2, -0.15) is 13.5 Å². The second-order valence-corrected chi connectivity index (χ2v) is 7.87. The molecule has 1 saturated carbocycles. The van der Waals surface area contributed by atoms with Crippen molar-refractivity contribution >= 4 is 22.3 Å². The third-order valence-corrected chi connectivity index (χ3v) is 5.51. The topological polar surface area (TPSA) is 138 Å². The van der Waals surface area contributed by atoms with Gasteiger partial charge in [0.15, 0.2) is 0 Å². The van der Waals surface area contributed by atoms with Gasteiger partial charge in [0, 0.05) is 12.6 Å². The van der Waals surface area contributed by atoms with E-state index in [-0.39, 0.29) is 12.6 Å². The first-order valence-electron chi connectivity index (χ1n) is 8.68. The molecule has 0 radical (unpaired) electrons. The summed E-state index contributed by atoms with van der Waals surface area (Å²) in [7, 11) is -2.91. The molecule has 0 spiro atoms. The average Bonchev–Trinajstić information content (AvgIpc) is 2.83. The van der Waals surface area contributed by atoms with E-state index in [9.17, 15) is 18.0 Å². The Bertz CT molecular complexity index is 658. The zero-order valence-electron chi connectivity index (χ0n) is 14.5. The Kier molecular flexibility index (Phi) is 5.67. The smallest absolute Gasteiger partial charge is 0.317 e. The summed E-state index contributed by atoms with van der Waals surface area (Å²) < 4.78 is 34.9. The van der Waals surface area contributed by atoms with Crippen LogP contribution in [0, 0.1) is 0 Å². The van der Waals surface area contributed by atoms with Crippen LogP contribution in [0.1, 0.15) is 38.5 Å². The molecule has 2 bridgehead atoms. The standard InChI is InChI=1S/C14H24N4O7S/c1-15-9-3-2-4-11(7-9)24-16-13(19)12-6-5-10-8-17(12)14(20)18(10)25-26(21,22)23/h9-12,15H,2-8H2,1H3,(H,16,19)(H,21,22,23). The van der Waals surface area contributed by atoms with Gasteiger partial charge in [0.05, 0.1) is 12.1 Å². The number of hydroxylamine groups is 3. The van der Waals surface area contributed by atoms with Crippen LogP contribution in [0.4, 0.5) is 4.79 Å². The summed E-state index contributed by atoms with van der Waals surface area (Å²) >= 11 is 0. The number of hydrogen-bond acceptors (Lipinski definition) is 7. The van der Waals surface area contributed by atoms with Crippen molar-refractivity contribution in [3.8, 4) is 0 Å². The van der Waals surface area contributed by atoms with Crippen molar-refractivity contribution in [1.82, 2.24) is 20.8 Å². The minimum Gasteiger partial charge on any atom is -0.317 e. The van der Waals surface area contributed by atoms with Crippen LogP contribution in [0.15, 0.2) is 0 Å². The van der Waals surface area contributed by atoms with Crippen LogP contribution in [0.3, 0.4) is 0 Å². The first kappa shape index (κ1) is 19.3. The van der Waals surface area contributed by atoms with Gasteiger partial charge in [0.25, 0.3) is 5.91 Å². The third-order valence-electron chi connectivity index (χ3n) is 5.16. The molecule has 148 valence electrons. The summed E-state index contributed by atoms with van der Waals surface area (Å²) in [4.78, 5) is 31.5. The molecular weight excluding hydrogens is 368 g/mol. The molecule has 1 aliphatic carbocycles. The Morgan fingerprint density at radius 2 is 2.04 bits per heavy atom. The summed E-state index contributed by atoms with van der Waals surface area (Å²) in [6.45, 7) is 0.150. The Balaban J connectivity index is 1.55. The van der Waals surface area contributed by atoms with Crippen molar-refractivity contribution in [3.63, 3.8) is 0 Å². The molecule has 3 amide bonds. The Labute approximate surface area is 151 Å². The maximum absolute atomic E-state index is 12.4. The number of nitrogens with one attached hydrogen (secondary N) is 2. The number of fused-ring (bicyclic) bond motifs is 2. The average molecular weight is 392 g/mol. The highest BCUT2D eigenvalue weighted by molar-refractivity contribution is 7.80. The minimum absolute atomic E-state index is 0.0878. The van der Waals surface area contributed by atoms with Crippen molar-refractivity contribution in [1.29, 1.82) is 0 Å². The normalized spacial score (nSPS) is 32.0. The van der Waals surface area contributed by atoms with Gasteiger partial charge in [-0.05, 0) is 45.6 Å². The first-order valence-corrected chi connectivity index (χ1v) is 10.0. The Morgan fingerprint density at radius 3 is 2.73 bits per heavy atom. The van der Waals surface area contributed by atoms with E-state index < -0.39 is 34.4 Å². The van der Waals surface area contributed by atoms with Crippen molar-refractivity contribution in [2.75, 3.05) is 13.6 Å². The minimum atomic E-state index is -4.80. The van der Waals surface area contributed by atoms with E-state index in [2.05, 4.69) is 15.1 Å². The monoisotopic (exact) mass is 392 g/mol. The third kappa shape index (κ3) is 4.26. The van der Waals surface area contributed by atoms with Gasteiger partial charge in [-0.15, -0.1) is 4.28 Å². The molecule has 4 unspecified atom stereocenters. The van der Waals surface area contributed by atoms with Crippen molar-refractivity contribution < 1.29 is 31.7 Å². The van der Waals surface area contributed by atoms with Crippen LogP contribution in [-0.4, -0.2) is 72.7 Å². The van der Waals surface area contributed by atoms with E-state index >= 15 is 0 Å². The molecule has 0 aromatic rings. The van der Waals surface area contributed by atoms with Gasteiger partial charge in [-0.3, -0.25) is 14.2 Å². The van der Waals surface area contributed by atoms with Crippen molar-refractivity contribution in [2.24, 2.45) is 0 Å². The molecule has 2 heterocycles. The number of hydrogen-bond donors (Lipinski definition) is 3. The molecule has 2 aliphatic heterocycles. The number of rotatable bonds is 6. The molecule has 2 saturated heterocycles. The van der Waals surface area contributed by atoms with Crippen LogP contribution >= 0.6 is 0 Å². The predicted molar refractivity (Wildman–Crippen MR) is 87.7 cm³/mol. The second-order valence-electron chi connectivity index (χ2n) is 6.87. The molecule has 0 aromatic heterocycles. The molecule has 12 heteroatoms. The number of piperidine rings is 1. The molecule has 26 heavy (non-hydrogen) atoms. The van der Waals surface area contributed by atoms with Crippen LogP contribution in [-0.2, 0) is 24.3 Å². The van der Waals surface area contributed by atoms with E-state index in [0.29, 0.717) is 23.9 Å². The van der Waals surface area contributed by atoms with Crippen molar-refractivity contribution in [3.05, 3.63) is 0 Å². The van der Waals surface area contributed by atoms with Gasteiger partial charge >= 0.3 is 16.4 Å². The van der Waals surface area contributed by atoms with E-state index in [1.54, 1.807) is 0 Å². The molecule has 11 nitrogen and oxygen atoms in total. The zero-order chi connectivity index (χ0) is 18.9. The summed E-state index contributed by atoms with van der Waals surface area (Å²) in [5.74, 6) is -0.447. The van der Waals surface area contributed by atoms with E-state index in [1.165, 1.54) is 4.90 Å². The van der Waals surface area contributed by atoms with Gasteiger partial charge < -0.3 is 10.2 Å². The number of amides is 3. The molecule has 4 atom stereocenters. The maximum atomic E-state index is 12.4. The molecule has 3 rings (SSSR count). The highest BCUT2D eigenvalue weighted by Gasteiger charge is 2.49. The van der Waals surface area contributed by atoms with Crippen LogP contribution in [0.5, 0.6) is 0 Å². The fourth-order valence-electron chi connectivity index (χ4n) is 3.83. The van der Waals surface area contributed by atoms with E-state index in [1.807, 2.05) is 7.05 Å². The lowest BCUT2D eigenvalue weighted by Crippen LogP contribution is -2.50. The van der Waals surface area contributed by atoms with Gasteiger partial charge in [-0.25, -0.2) is 10.3 Å². The quantitative estimate of drug-likeness (QED) is 0.409. The predicted octanol–water partition coefficient (Wildman–Crippen LogP) is -0.432. The summed E-state index contributed by atoms with van der Waals surface area (Å²) in [6.07, 6.45) is 4.35. The fraction of sp³-hybridized carbons (Fsp3) is 0.857. The van der Waals surface area contributed by atoms with E-state index in [0.717, 1.165) is 25.7 Å². The van der Waals surface area contributed by atoms with Crippen LogP contribution in [0.2, 0.25) is 0 Å². The number of carbonyl (C=O) groups excluding carboxylic acids is 2. The second kappa shape index (κ2) is 7.64. The highest BCUT2D eigenvalue weighted by atomic mass is 32.3. The molecule has 3 aliphatic rings. The molecular formula is C14H24N4O7S. The summed E-state index contributed by atoms with van der Waals surface area (Å²) in [5.41, 5.74) is 2.45. The van der Waals surface area contributed by atoms with Gasteiger partial charge in [-0.1, -0.05) is 0 Å². The molecule has 3 fully saturated rings. The number of urea groups is 1. The Hall–Kier alpha value is -1.47. The lowest BCUT2D eigenvalue weighted by molar-refractivity contribution is -0.145. The van der Waals surface area contributed by atoms with Gasteiger partial charge in [0.1, 0.15) is 6.04 Å².